The number of hydrogen-bond acceptors (Lipinski definition) is 3. The van der Waals surface area contributed by atoms with E-state index in [0.717, 1.165) is 12.2 Å². The second-order valence-corrected chi connectivity index (χ2v) is 7.67. The fourth-order valence-electron chi connectivity index (χ4n) is 2.13. The predicted molar refractivity (Wildman–Crippen MR) is 109 cm³/mol. The van der Waals surface area contributed by atoms with Crippen molar-refractivity contribution in [1.29, 1.82) is 0 Å². The van der Waals surface area contributed by atoms with E-state index in [2.05, 4.69) is 35.1 Å². The number of carbonyl (C=O) groups is 1. The largest absolute Gasteiger partial charge is 0.494 e. The molecule has 2 aromatic carbocycles. The minimum atomic E-state index is -0.669. The summed E-state index contributed by atoms with van der Waals surface area (Å²) in [7, 11) is 0. The van der Waals surface area contributed by atoms with E-state index in [9.17, 15) is 4.79 Å². The van der Waals surface area contributed by atoms with E-state index in [1.165, 1.54) is 0 Å². The quantitative estimate of drug-likeness (QED) is 0.553. The van der Waals surface area contributed by atoms with Crippen molar-refractivity contribution in [2.75, 3.05) is 11.9 Å². The molecular weight excluding hydrogens is 418 g/mol. The Morgan fingerprint density at radius 3 is 2.65 bits per heavy atom. The molecule has 2 aromatic rings. The maximum Gasteiger partial charge on any atom is 0.265 e. The van der Waals surface area contributed by atoms with Gasteiger partial charge in [-0.3, -0.25) is 4.79 Å². The second kappa shape index (κ2) is 9.83. The molecule has 4 nitrogen and oxygen atoms in total. The lowest BCUT2D eigenvalue weighted by Crippen LogP contribution is -2.30. The molecule has 2 rings (SSSR count). The molecule has 0 heterocycles. The predicted octanol–water partition coefficient (Wildman–Crippen LogP) is 5.93. The van der Waals surface area contributed by atoms with Crippen LogP contribution in [0.15, 0.2) is 46.9 Å². The third-order valence-corrected chi connectivity index (χ3v) is 4.49. The molecule has 0 aliphatic heterocycles. The van der Waals surface area contributed by atoms with Gasteiger partial charge in [0.25, 0.3) is 5.91 Å². The van der Waals surface area contributed by atoms with E-state index in [0.29, 0.717) is 33.5 Å². The van der Waals surface area contributed by atoms with Gasteiger partial charge in [-0.2, -0.15) is 0 Å². The van der Waals surface area contributed by atoms with Crippen molar-refractivity contribution in [1.82, 2.24) is 0 Å². The molecule has 6 heteroatoms. The summed E-state index contributed by atoms with van der Waals surface area (Å²) in [5, 5.41) is 3.44. The number of anilines is 1. The lowest BCUT2D eigenvalue weighted by Gasteiger charge is -2.16. The van der Waals surface area contributed by atoms with Crippen molar-refractivity contribution < 1.29 is 14.3 Å². The van der Waals surface area contributed by atoms with E-state index >= 15 is 0 Å². The van der Waals surface area contributed by atoms with E-state index in [-0.39, 0.29) is 5.91 Å². The number of amides is 1. The van der Waals surface area contributed by atoms with E-state index in [1.807, 2.05) is 24.3 Å². The van der Waals surface area contributed by atoms with Crippen LogP contribution in [0.3, 0.4) is 0 Å². The summed E-state index contributed by atoms with van der Waals surface area (Å²) in [4.78, 5) is 12.4. The number of ether oxygens (including phenoxy) is 2. The molecule has 0 bridgehead atoms. The highest BCUT2D eigenvalue weighted by atomic mass is 79.9. The van der Waals surface area contributed by atoms with Gasteiger partial charge in [-0.15, -0.1) is 0 Å². The molecule has 26 heavy (non-hydrogen) atoms. The number of hydrogen-bond donors (Lipinski definition) is 1. The molecule has 0 spiro atoms. The van der Waals surface area contributed by atoms with Gasteiger partial charge < -0.3 is 14.8 Å². The van der Waals surface area contributed by atoms with Gasteiger partial charge in [-0.05, 0) is 65.5 Å². The number of carbonyl (C=O) groups excluding carboxylic acids is 1. The van der Waals surface area contributed by atoms with Gasteiger partial charge in [0.1, 0.15) is 11.5 Å². The van der Waals surface area contributed by atoms with Crippen molar-refractivity contribution >= 4 is 39.1 Å². The van der Waals surface area contributed by atoms with Crippen LogP contribution in [-0.2, 0) is 4.79 Å². The van der Waals surface area contributed by atoms with Gasteiger partial charge in [0.2, 0.25) is 0 Å². The Bertz CT molecular complexity index is 752. The fourth-order valence-corrected chi connectivity index (χ4v) is 2.91. The summed E-state index contributed by atoms with van der Waals surface area (Å²) < 4.78 is 12.1. The van der Waals surface area contributed by atoms with E-state index in [4.69, 9.17) is 21.1 Å². The minimum Gasteiger partial charge on any atom is -0.494 e. The topological polar surface area (TPSA) is 47.6 Å². The summed E-state index contributed by atoms with van der Waals surface area (Å²) in [6.07, 6.45) is 0.315. The Labute approximate surface area is 168 Å². The SMILES string of the molecule is CC(C)CCOc1cccc(NC(=O)C(C)Oc2ccc(Cl)cc2Br)c1. The van der Waals surface area contributed by atoms with Gasteiger partial charge in [0, 0.05) is 16.8 Å². The monoisotopic (exact) mass is 439 g/mol. The molecule has 1 amide bonds. The summed E-state index contributed by atoms with van der Waals surface area (Å²) in [5.74, 6) is 1.63. The van der Waals surface area contributed by atoms with Crippen LogP contribution in [0.2, 0.25) is 5.02 Å². The van der Waals surface area contributed by atoms with Crippen molar-refractivity contribution in [2.45, 2.75) is 33.3 Å². The highest BCUT2D eigenvalue weighted by molar-refractivity contribution is 9.10. The average Bonchev–Trinajstić information content (AvgIpc) is 2.57. The van der Waals surface area contributed by atoms with E-state index in [1.54, 1.807) is 25.1 Å². The maximum atomic E-state index is 12.4. The van der Waals surface area contributed by atoms with Crippen LogP contribution < -0.4 is 14.8 Å². The summed E-state index contributed by atoms with van der Waals surface area (Å²) in [5.41, 5.74) is 0.669. The first-order valence-corrected chi connectivity index (χ1v) is 9.67. The first-order chi connectivity index (χ1) is 12.3. The van der Waals surface area contributed by atoms with Crippen molar-refractivity contribution in [3.05, 3.63) is 52.0 Å². The van der Waals surface area contributed by atoms with Crippen LogP contribution in [-0.4, -0.2) is 18.6 Å². The third-order valence-electron chi connectivity index (χ3n) is 3.63. The highest BCUT2D eigenvalue weighted by Crippen LogP contribution is 2.29. The second-order valence-electron chi connectivity index (χ2n) is 6.38. The zero-order valence-electron chi connectivity index (χ0n) is 15.1. The van der Waals surface area contributed by atoms with Crippen LogP contribution in [0.25, 0.3) is 0 Å². The standard InChI is InChI=1S/C20H23BrClNO3/c1-13(2)9-10-25-17-6-4-5-16(12-17)23-20(24)14(3)26-19-8-7-15(22)11-18(19)21/h4-8,11-14H,9-10H2,1-3H3,(H,23,24). The lowest BCUT2D eigenvalue weighted by molar-refractivity contribution is -0.122. The lowest BCUT2D eigenvalue weighted by atomic mass is 10.1. The summed E-state index contributed by atoms with van der Waals surface area (Å²) >= 11 is 9.29. The van der Waals surface area contributed by atoms with Crippen LogP contribution in [0.5, 0.6) is 11.5 Å². The third kappa shape index (κ3) is 6.54. The van der Waals surface area contributed by atoms with Gasteiger partial charge >= 0.3 is 0 Å². The van der Waals surface area contributed by atoms with Crippen LogP contribution >= 0.6 is 27.5 Å². The maximum absolute atomic E-state index is 12.4. The molecule has 0 fully saturated rings. The molecule has 0 aliphatic rings. The molecule has 0 saturated carbocycles. The Balaban J connectivity index is 1.93. The molecule has 0 saturated heterocycles. The average molecular weight is 441 g/mol. The fraction of sp³-hybridized carbons (Fsp3) is 0.350. The molecule has 1 unspecified atom stereocenters. The summed E-state index contributed by atoms with van der Waals surface area (Å²) in [6.45, 7) is 6.65. The minimum absolute atomic E-state index is 0.244. The first kappa shape index (κ1) is 20.6. The highest BCUT2D eigenvalue weighted by Gasteiger charge is 2.16. The number of halogens is 2. The van der Waals surface area contributed by atoms with Crippen LogP contribution in [0.1, 0.15) is 27.2 Å². The van der Waals surface area contributed by atoms with Gasteiger partial charge in [-0.1, -0.05) is 31.5 Å². The number of rotatable bonds is 8. The Kier molecular flexibility index (Phi) is 7.79. The zero-order chi connectivity index (χ0) is 19.1. The zero-order valence-corrected chi connectivity index (χ0v) is 17.4. The van der Waals surface area contributed by atoms with Gasteiger partial charge in [-0.25, -0.2) is 0 Å². The van der Waals surface area contributed by atoms with Crippen molar-refractivity contribution in [2.24, 2.45) is 5.92 Å². The van der Waals surface area contributed by atoms with Crippen molar-refractivity contribution in [3.63, 3.8) is 0 Å². The number of nitrogens with one attached hydrogen (secondary N) is 1. The molecular formula is C20H23BrClNO3. The Morgan fingerprint density at radius 1 is 1.19 bits per heavy atom. The summed E-state index contributed by atoms with van der Waals surface area (Å²) in [6, 6.07) is 12.5. The molecule has 1 N–H and O–H groups in total. The molecule has 0 radical (unpaired) electrons. The first-order valence-electron chi connectivity index (χ1n) is 8.50. The Hall–Kier alpha value is -1.72. The molecule has 1 atom stereocenters. The van der Waals surface area contributed by atoms with Crippen molar-refractivity contribution in [3.8, 4) is 11.5 Å². The van der Waals surface area contributed by atoms with Gasteiger partial charge in [0.15, 0.2) is 6.10 Å². The normalized spacial score (nSPS) is 11.9. The molecule has 0 aromatic heterocycles. The molecule has 0 aliphatic carbocycles. The number of benzene rings is 2. The van der Waals surface area contributed by atoms with Crippen LogP contribution in [0, 0.1) is 5.92 Å². The van der Waals surface area contributed by atoms with Crippen LogP contribution in [0.4, 0.5) is 5.69 Å². The molecule has 140 valence electrons. The van der Waals surface area contributed by atoms with E-state index < -0.39 is 6.10 Å². The van der Waals surface area contributed by atoms with Gasteiger partial charge in [0.05, 0.1) is 11.1 Å². The Morgan fingerprint density at radius 2 is 1.96 bits per heavy atom. The smallest absolute Gasteiger partial charge is 0.265 e.